The number of nitrogen functional groups attached to an aromatic ring is 1. The first kappa shape index (κ1) is 21.0. The van der Waals surface area contributed by atoms with Gasteiger partial charge in [-0.2, -0.15) is 5.26 Å². The summed E-state index contributed by atoms with van der Waals surface area (Å²) in [5, 5.41) is 24.3. The molecule has 4 rings (SSSR count). The molecule has 1 fully saturated rings. The molecule has 0 unspecified atom stereocenters. The van der Waals surface area contributed by atoms with E-state index in [0.29, 0.717) is 18.1 Å². The number of rotatable bonds is 7. The third-order valence-corrected chi connectivity index (χ3v) is 4.86. The van der Waals surface area contributed by atoms with Crippen LogP contribution in [0, 0.1) is 11.3 Å². The molecule has 11 nitrogen and oxygen atoms in total. The van der Waals surface area contributed by atoms with Gasteiger partial charge < -0.3 is 26.2 Å². The number of ether oxygens (including phenoxy) is 1. The SMILES string of the molecule is N#Cc1cnc(NCc2ccc(-c3cnc(N)c(O[C@H]4CCNC4)n3)cc2)c(C(=O)O)n1. The summed E-state index contributed by atoms with van der Waals surface area (Å²) in [6, 6.07) is 9.28. The van der Waals surface area contributed by atoms with Gasteiger partial charge in [0.25, 0.3) is 5.88 Å². The first-order valence-electron chi connectivity index (χ1n) is 9.87. The number of benzene rings is 1. The van der Waals surface area contributed by atoms with Crippen molar-refractivity contribution in [1.82, 2.24) is 25.3 Å². The summed E-state index contributed by atoms with van der Waals surface area (Å²) in [5.74, 6) is -0.601. The van der Waals surface area contributed by atoms with Crippen LogP contribution in [0.4, 0.5) is 11.6 Å². The first-order valence-corrected chi connectivity index (χ1v) is 9.87. The molecule has 0 bridgehead atoms. The second-order valence-corrected chi connectivity index (χ2v) is 7.10. The number of aromatic carboxylic acids is 1. The highest BCUT2D eigenvalue weighted by atomic mass is 16.5. The van der Waals surface area contributed by atoms with E-state index >= 15 is 0 Å². The molecule has 5 N–H and O–H groups in total. The van der Waals surface area contributed by atoms with Crippen LogP contribution in [0.2, 0.25) is 0 Å². The lowest BCUT2D eigenvalue weighted by Gasteiger charge is -2.14. The summed E-state index contributed by atoms with van der Waals surface area (Å²) in [4.78, 5) is 27.9. The Hall–Kier alpha value is -4.30. The number of nitrogens with zero attached hydrogens (tertiary/aromatic N) is 5. The maximum atomic E-state index is 11.4. The van der Waals surface area contributed by atoms with E-state index in [9.17, 15) is 9.90 Å². The fraction of sp³-hybridized carbons (Fsp3) is 0.238. The van der Waals surface area contributed by atoms with Crippen LogP contribution in [0.1, 0.15) is 28.2 Å². The van der Waals surface area contributed by atoms with Gasteiger partial charge in [-0.25, -0.2) is 24.7 Å². The van der Waals surface area contributed by atoms with Gasteiger partial charge in [-0.15, -0.1) is 0 Å². The van der Waals surface area contributed by atoms with Crippen molar-refractivity contribution in [2.24, 2.45) is 0 Å². The molecule has 1 aromatic carbocycles. The van der Waals surface area contributed by atoms with E-state index in [1.54, 1.807) is 12.3 Å². The number of hydrogen-bond donors (Lipinski definition) is 4. The molecular weight excluding hydrogens is 412 g/mol. The Morgan fingerprint density at radius 1 is 1.28 bits per heavy atom. The normalized spacial score (nSPS) is 15.2. The van der Waals surface area contributed by atoms with Gasteiger partial charge in [-0.3, -0.25) is 0 Å². The summed E-state index contributed by atoms with van der Waals surface area (Å²) >= 11 is 0. The predicted molar refractivity (Wildman–Crippen MR) is 115 cm³/mol. The van der Waals surface area contributed by atoms with Crippen LogP contribution >= 0.6 is 0 Å². The highest BCUT2D eigenvalue weighted by Crippen LogP contribution is 2.25. The topological polar surface area (TPSA) is 172 Å². The zero-order chi connectivity index (χ0) is 22.5. The maximum Gasteiger partial charge on any atom is 0.358 e. The Labute approximate surface area is 183 Å². The third-order valence-electron chi connectivity index (χ3n) is 4.86. The van der Waals surface area contributed by atoms with Crippen molar-refractivity contribution in [3.8, 4) is 23.2 Å². The monoisotopic (exact) mass is 432 g/mol. The predicted octanol–water partition coefficient (Wildman–Crippen LogP) is 1.44. The van der Waals surface area contributed by atoms with E-state index < -0.39 is 5.97 Å². The molecule has 3 aromatic rings. The molecule has 1 saturated heterocycles. The zero-order valence-electron chi connectivity index (χ0n) is 16.9. The molecule has 11 heteroatoms. The first-order chi connectivity index (χ1) is 15.5. The van der Waals surface area contributed by atoms with Crippen LogP contribution in [-0.4, -0.2) is 50.2 Å². The van der Waals surface area contributed by atoms with Crippen molar-refractivity contribution in [3.05, 3.63) is 53.6 Å². The lowest BCUT2D eigenvalue weighted by atomic mass is 10.1. The minimum atomic E-state index is -1.26. The van der Waals surface area contributed by atoms with E-state index in [1.165, 1.54) is 6.20 Å². The largest absolute Gasteiger partial charge is 0.476 e. The maximum absolute atomic E-state index is 11.4. The molecule has 32 heavy (non-hydrogen) atoms. The van der Waals surface area contributed by atoms with Gasteiger partial charge in [0.05, 0.1) is 18.1 Å². The van der Waals surface area contributed by atoms with Crippen molar-refractivity contribution in [1.29, 1.82) is 5.26 Å². The molecule has 0 radical (unpaired) electrons. The second kappa shape index (κ2) is 9.23. The van der Waals surface area contributed by atoms with Crippen LogP contribution in [-0.2, 0) is 6.54 Å². The molecule has 1 aliphatic heterocycles. The van der Waals surface area contributed by atoms with Gasteiger partial charge in [0.15, 0.2) is 23.0 Å². The lowest BCUT2D eigenvalue weighted by molar-refractivity contribution is 0.0691. The Bertz CT molecular complexity index is 1170. The van der Waals surface area contributed by atoms with Crippen LogP contribution < -0.4 is 21.1 Å². The fourth-order valence-electron chi connectivity index (χ4n) is 3.19. The Balaban J connectivity index is 1.46. The molecule has 0 aliphatic carbocycles. The summed E-state index contributed by atoms with van der Waals surface area (Å²) in [5.41, 5.74) is 7.90. The fourth-order valence-corrected chi connectivity index (χ4v) is 3.19. The Morgan fingerprint density at radius 3 is 2.78 bits per heavy atom. The van der Waals surface area contributed by atoms with Crippen molar-refractivity contribution in [2.45, 2.75) is 19.1 Å². The molecule has 0 saturated carbocycles. The molecule has 2 aromatic heterocycles. The minimum absolute atomic E-state index is 0.0244. The van der Waals surface area contributed by atoms with Gasteiger partial charge in [-0.1, -0.05) is 24.3 Å². The number of carbonyl (C=O) groups is 1. The summed E-state index contributed by atoms with van der Waals surface area (Å²) in [6.07, 6.45) is 3.73. The minimum Gasteiger partial charge on any atom is -0.476 e. The highest BCUT2D eigenvalue weighted by Gasteiger charge is 2.19. The highest BCUT2D eigenvalue weighted by molar-refractivity contribution is 5.90. The second-order valence-electron chi connectivity index (χ2n) is 7.10. The van der Waals surface area contributed by atoms with E-state index in [2.05, 4.69) is 30.6 Å². The molecule has 1 aliphatic rings. The average molecular weight is 432 g/mol. The van der Waals surface area contributed by atoms with Gasteiger partial charge in [-0.05, 0) is 18.5 Å². The van der Waals surface area contributed by atoms with Crippen molar-refractivity contribution in [3.63, 3.8) is 0 Å². The quantitative estimate of drug-likeness (QED) is 0.425. The van der Waals surface area contributed by atoms with E-state index in [-0.39, 0.29) is 29.1 Å². The van der Waals surface area contributed by atoms with Crippen LogP contribution in [0.15, 0.2) is 36.7 Å². The van der Waals surface area contributed by atoms with Gasteiger partial charge >= 0.3 is 5.97 Å². The van der Waals surface area contributed by atoms with Crippen LogP contribution in [0.25, 0.3) is 11.3 Å². The number of nitrogens with one attached hydrogen (secondary N) is 2. The van der Waals surface area contributed by atoms with E-state index in [0.717, 1.165) is 30.6 Å². The smallest absolute Gasteiger partial charge is 0.358 e. The number of nitriles is 1. The van der Waals surface area contributed by atoms with Gasteiger partial charge in [0, 0.05) is 18.7 Å². The lowest BCUT2D eigenvalue weighted by Crippen LogP contribution is -2.21. The summed E-state index contributed by atoms with van der Waals surface area (Å²) < 4.78 is 5.87. The number of carboxylic acid groups (broad SMARTS) is 1. The van der Waals surface area contributed by atoms with Crippen molar-refractivity contribution in [2.75, 3.05) is 24.1 Å². The summed E-state index contributed by atoms with van der Waals surface area (Å²) in [6.45, 7) is 1.97. The van der Waals surface area contributed by atoms with Crippen molar-refractivity contribution >= 4 is 17.6 Å². The Kier molecular flexibility index (Phi) is 6.05. The molecule has 0 amide bonds. The van der Waals surface area contributed by atoms with Crippen LogP contribution in [0.5, 0.6) is 5.88 Å². The van der Waals surface area contributed by atoms with E-state index in [1.807, 2.05) is 24.3 Å². The third kappa shape index (κ3) is 4.71. The number of anilines is 2. The van der Waals surface area contributed by atoms with Crippen LogP contribution in [0.3, 0.4) is 0 Å². The average Bonchev–Trinajstić information content (AvgIpc) is 3.32. The molecule has 1 atom stereocenters. The van der Waals surface area contributed by atoms with Gasteiger partial charge in [0.1, 0.15) is 12.2 Å². The number of hydrogen-bond acceptors (Lipinski definition) is 10. The molecule has 3 heterocycles. The van der Waals surface area contributed by atoms with E-state index in [4.69, 9.17) is 15.7 Å². The zero-order valence-corrected chi connectivity index (χ0v) is 16.9. The van der Waals surface area contributed by atoms with Crippen molar-refractivity contribution < 1.29 is 14.6 Å². The molecule has 0 spiro atoms. The van der Waals surface area contributed by atoms with Gasteiger partial charge in [0.2, 0.25) is 0 Å². The number of carboxylic acids is 1. The molecule has 162 valence electrons. The molecular formula is C21H20N8O3. The standard InChI is InChI=1S/C21H20N8O3/c22-7-14-9-27-19(17(28-14)21(30)31)26-8-12-1-3-13(4-2-12)16-11-25-18(23)20(29-16)32-15-5-6-24-10-15/h1-4,9,11,15,24H,5-6,8,10H2,(H2,23,25)(H,26,27)(H,30,31)/t15-/m0/s1. The number of nitrogens with two attached hydrogens (primary N) is 1. The summed E-state index contributed by atoms with van der Waals surface area (Å²) in [7, 11) is 0. The number of aromatic nitrogens is 4. The Morgan fingerprint density at radius 2 is 2.09 bits per heavy atom.